The minimum atomic E-state index is -0.742. The maximum absolute atomic E-state index is 13.2. The number of nitrogens with zero attached hydrogens (tertiary/aromatic N) is 5. The average Bonchev–Trinajstić information content (AvgIpc) is 3.32. The number of hydrogen-bond acceptors (Lipinski definition) is 8. The highest BCUT2D eigenvalue weighted by atomic mass is 16.5. The quantitative estimate of drug-likeness (QED) is 0.383. The molecule has 2 atom stereocenters. The van der Waals surface area contributed by atoms with Crippen molar-refractivity contribution < 1.29 is 19.0 Å². The Bertz CT molecular complexity index is 1370. The summed E-state index contributed by atoms with van der Waals surface area (Å²) in [6, 6.07) is 9.55. The van der Waals surface area contributed by atoms with Crippen LogP contribution in [-0.4, -0.2) is 51.7 Å². The van der Waals surface area contributed by atoms with Gasteiger partial charge in [0.05, 0.1) is 43.7 Å². The lowest BCUT2D eigenvalue weighted by molar-refractivity contribution is 0.00539. The molecule has 0 fully saturated rings. The zero-order chi connectivity index (χ0) is 27.3. The maximum Gasteiger partial charge on any atom is 0.361 e. The Morgan fingerprint density at radius 1 is 1.24 bits per heavy atom. The number of aromatic nitrogens is 4. The summed E-state index contributed by atoms with van der Waals surface area (Å²) in [7, 11) is 4.54. The van der Waals surface area contributed by atoms with E-state index in [1.807, 2.05) is 39.1 Å². The second-order valence-electron chi connectivity index (χ2n) is 9.34. The van der Waals surface area contributed by atoms with Crippen LogP contribution in [-0.2, 0) is 23.1 Å². The summed E-state index contributed by atoms with van der Waals surface area (Å²) in [5.74, 6) is -1.43. The van der Waals surface area contributed by atoms with Crippen LogP contribution in [0.2, 0.25) is 0 Å². The van der Waals surface area contributed by atoms with E-state index in [0.717, 1.165) is 11.1 Å². The highest BCUT2D eigenvalue weighted by Gasteiger charge is 2.32. The lowest BCUT2D eigenvalue weighted by Crippen LogP contribution is -2.30. The predicted molar refractivity (Wildman–Crippen MR) is 137 cm³/mol. The van der Waals surface area contributed by atoms with Crippen LogP contribution >= 0.6 is 0 Å². The maximum atomic E-state index is 13.2. The van der Waals surface area contributed by atoms with Gasteiger partial charge in [-0.1, -0.05) is 25.1 Å². The topological polar surface area (TPSA) is 121 Å². The lowest BCUT2D eigenvalue weighted by Gasteiger charge is -2.26. The second kappa shape index (κ2) is 11.4. The van der Waals surface area contributed by atoms with Crippen molar-refractivity contribution in [3.63, 3.8) is 0 Å². The summed E-state index contributed by atoms with van der Waals surface area (Å²) in [4.78, 5) is 30.4. The van der Waals surface area contributed by atoms with Gasteiger partial charge in [-0.25, -0.2) is 9.78 Å². The molecule has 1 aromatic carbocycles. The van der Waals surface area contributed by atoms with E-state index in [2.05, 4.69) is 16.2 Å². The summed E-state index contributed by atoms with van der Waals surface area (Å²) >= 11 is 0. The van der Waals surface area contributed by atoms with Crippen LogP contribution < -0.4 is 10.3 Å². The minimum absolute atomic E-state index is 0.124. The van der Waals surface area contributed by atoms with Gasteiger partial charge in [-0.3, -0.25) is 14.0 Å². The molecule has 0 bridgehead atoms. The monoisotopic (exact) mass is 507 g/mol. The van der Waals surface area contributed by atoms with Gasteiger partial charge in [0.15, 0.2) is 5.69 Å². The van der Waals surface area contributed by atoms with Gasteiger partial charge in [-0.05, 0) is 38.0 Å². The van der Waals surface area contributed by atoms with Gasteiger partial charge in [-0.15, -0.1) is 0 Å². The van der Waals surface area contributed by atoms with Crippen LogP contribution in [0.3, 0.4) is 0 Å². The standard InChI is InChI=1S/C27H33N5O5/c1-8-37-26(34)22-23(35-6)25(33)31(5)24(30-22)17(2)21(20-12-10-9-11-18(20)13-28)19-14-29-32(15-19)16-27(3,4)36-7/h9-12,14-15,17,21H,8,16H2,1-7H3. The predicted octanol–water partition coefficient (Wildman–Crippen LogP) is 3.39. The molecule has 0 spiro atoms. The van der Waals surface area contributed by atoms with E-state index in [4.69, 9.17) is 14.2 Å². The normalized spacial score (nSPS) is 13.0. The molecule has 10 nitrogen and oxygen atoms in total. The van der Waals surface area contributed by atoms with Gasteiger partial charge in [0.1, 0.15) is 5.82 Å². The number of nitriles is 1. The van der Waals surface area contributed by atoms with E-state index in [9.17, 15) is 14.9 Å². The molecule has 10 heteroatoms. The summed E-state index contributed by atoms with van der Waals surface area (Å²) in [6.45, 7) is 8.14. The number of methoxy groups -OCH3 is 2. The first kappa shape index (κ1) is 27.6. The Balaban J connectivity index is 2.22. The molecule has 3 aromatic rings. The van der Waals surface area contributed by atoms with Gasteiger partial charge < -0.3 is 14.2 Å². The molecule has 0 saturated heterocycles. The molecule has 196 valence electrons. The molecular formula is C27H33N5O5. The fraction of sp³-hybridized carbons (Fsp3) is 0.444. The average molecular weight is 508 g/mol. The van der Waals surface area contributed by atoms with Gasteiger partial charge in [-0.2, -0.15) is 10.4 Å². The Labute approximate surface area is 216 Å². The van der Waals surface area contributed by atoms with Gasteiger partial charge in [0.2, 0.25) is 5.75 Å². The molecule has 37 heavy (non-hydrogen) atoms. The first-order valence-corrected chi connectivity index (χ1v) is 12.0. The molecule has 0 aliphatic heterocycles. The molecule has 0 aliphatic carbocycles. The smallest absolute Gasteiger partial charge is 0.361 e. The Kier molecular flexibility index (Phi) is 8.50. The summed E-state index contributed by atoms with van der Waals surface area (Å²) < 4.78 is 19.1. The van der Waals surface area contributed by atoms with E-state index >= 15 is 0 Å². The van der Waals surface area contributed by atoms with Crippen LogP contribution in [0.1, 0.15) is 72.5 Å². The van der Waals surface area contributed by atoms with E-state index < -0.39 is 29.0 Å². The van der Waals surface area contributed by atoms with Crippen molar-refractivity contribution >= 4 is 5.97 Å². The number of esters is 1. The van der Waals surface area contributed by atoms with Crippen molar-refractivity contribution in [3.8, 4) is 11.8 Å². The van der Waals surface area contributed by atoms with E-state index in [1.54, 1.807) is 44.1 Å². The number of benzene rings is 1. The number of hydrogen-bond donors (Lipinski definition) is 0. The number of ether oxygens (including phenoxy) is 3. The molecule has 0 aliphatic rings. The van der Waals surface area contributed by atoms with Crippen molar-refractivity contribution in [2.24, 2.45) is 7.05 Å². The summed E-state index contributed by atoms with van der Waals surface area (Å²) in [5, 5.41) is 14.4. The summed E-state index contributed by atoms with van der Waals surface area (Å²) in [5.41, 5.74) is 0.945. The Morgan fingerprint density at radius 3 is 2.57 bits per heavy atom. The van der Waals surface area contributed by atoms with Crippen LogP contribution in [0.4, 0.5) is 0 Å². The van der Waals surface area contributed by atoms with Crippen LogP contribution in [0, 0.1) is 11.3 Å². The van der Waals surface area contributed by atoms with Crippen LogP contribution in [0.25, 0.3) is 0 Å². The fourth-order valence-corrected chi connectivity index (χ4v) is 4.37. The van der Waals surface area contributed by atoms with Gasteiger partial charge in [0.25, 0.3) is 5.56 Å². The minimum Gasteiger partial charge on any atom is -0.489 e. The van der Waals surface area contributed by atoms with E-state index in [-0.39, 0.29) is 18.1 Å². The first-order chi connectivity index (χ1) is 17.6. The largest absolute Gasteiger partial charge is 0.489 e. The molecule has 2 heterocycles. The molecule has 3 rings (SSSR count). The van der Waals surface area contributed by atoms with Gasteiger partial charge >= 0.3 is 5.97 Å². The lowest BCUT2D eigenvalue weighted by atomic mass is 9.80. The summed E-state index contributed by atoms with van der Waals surface area (Å²) in [6.07, 6.45) is 3.65. The first-order valence-electron chi connectivity index (χ1n) is 12.0. The Morgan fingerprint density at radius 2 is 1.95 bits per heavy atom. The van der Waals surface area contributed by atoms with Crippen molar-refractivity contribution in [3.05, 3.63) is 75.2 Å². The second-order valence-corrected chi connectivity index (χ2v) is 9.34. The molecule has 2 aromatic heterocycles. The zero-order valence-corrected chi connectivity index (χ0v) is 22.3. The van der Waals surface area contributed by atoms with Crippen molar-refractivity contribution in [1.82, 2.24) is 19.3 Å². The van der Waals surface area contributed by atoms with Crippen LogP contribution in [0.5, 0.6) is 5.75 Å². The molecule has 2 unspecified atom stereocenters. The molecule has 0 N–H and O–H groups in total. The third-order valence-electron chi connectivity index (χ3n) is 6.39. The van der Waals surface area contributed by atoms with Gasteiger partial charge in [0, 0.05) is 32.2 Å². The molecule has 0 saturated carbocycles. The fourth-order valence-electron chi connectivity index (χ4n) is 4.37. The van der Waals surface area contributed by atoms with Crippen molar-refractivity contribution in [2.75, 3.05) is 20.8 Å². The third-order valence-corrected chi connectivity index (χ3v) is 6.39. The highest BCUT2D eigenvalue weighted by molar-refractivity contribution is 5.90. The number of carbonyl (C=O) groups is 1. The molecule has 0 radical (unpaired) electrons. The van der Waals surface area contributed by atoms with Crippen LogP contribution in [0.15, 0.2) is 41.5 Å². The highest BCUT2D eigenvalue weighted by Crippen LogP contribution is 2.39. The number of rotatable bonds is 10. The van der Waals surface area contributed by atoms with Crippen molar-refractivity contribution in [1.29, 1.82) is 5.26 Å². The Hall–Kier alpha value is -3.97. The molecular weight excluding hydrogens is 474 g/mol. The zero-order valence-electron chi connectivity index (χ0n) is 22.3. The molecule has 0 amide bonds. The third kappa shape index (κ3) is 5.73. The van der Waals surface area contributed by atoms with Crippen molar-refractivity contribution in [2.45, 2.75) is 51.7 Å². The number of carbonyl (C=O) groups excluding carboxylic acids is 1. The van der Waals surface area contributed by atoms with E-state index in [0.29, 0.717) is 17.9 Å². The SMILES string of the molecule is CCOC(=O)c1nc(C(C)C(c2cnn(CC(C)(C)OC)c2)c2ccccc2C#N)n(C)c(=O)c1OC. The van der Waals surface area contributed by atoms with E-state index in [1.165, 1.54) is 11.7 Å².